The van der Waals surface area contributed by atoms with Crippen molar-refractivity contribution in [2.75, 3.05) is 47.3 Å². The van der Waals surface area contributed by atoms with Gasteiger partial charge < -0.3 is 23.8 Å². The molecule has 0 spiro atoms. The predicted molar refractivity (Wildman–Crippen MR) is 104 cm³/mol. The summed E-state index contributed by atoms with van der Waals surface area (Å²) in [6.45, 7) is 1.39. The van der Waals surface area contributed by atoms with Gasteiger partial charge in [-0.1, -0.05) is 6.07 Å². The maximum atomic E-state index is 12.6. The molecule has 8 heteroatoms. The molecule has 0 radical (unpaired) electrons. The van der Waals surface area contributed by atoms with Gasteiger partial charge in [0, 0.05) is 24.8 Å². The van der Waals surface area contributed by atoms with Crippen LogP contribution >= 0.6 is 11.8 Å². The van der Waals surface area contributed by atoms with E-state index in [9.17, 15) is 9.59 Å². The normalized spacial score (nSPS) is 16.1. The molecule has 1 atom stereocenters. The Bertz CT molecular complexity index is 666. The standard InChI is InChI=1S/C19H27NO6S/c1-23-15-7-5-13(18(25-3)19(15)26-4)6-8-16(21)20-10-9-14(11-20)27-12-17(22)24-2/h5,7,14H,6,8-12H2,1-4H3/t14-/m0/s1. The molecule has 0 saturated carbocycles. The number of methoxy groups -OCH3 is 4. The van der Waals surface area contributed by atoms with Crippen molar-refractivity contribution in [3.8, 4) is 17.2 Å². The fourth-order valence-electron chi connectivity index (χ4n) is 3.10. The number of thioether (sulfide) groups is 1. The topological polar surface area (TPSA) is 74.3 Å². The lowest BCUT2D eigenvalue weighted by Gasteiger charge is -2.18. The molecular weight excluding hydrogens is 370 g/mol. The lowest BCUT2D eigenvalue weighted by Crippen LogP contribution is -2.29. The van der Waals surface area contributed by atoms with E-state index in [1.54, 1.807) is 33.1 Å². The second-order valence-corrected chi connectivity index (χ2v) is 7.42. The lowest BCUT2D eigenvalue weighted by atomic mass is 10.1. The van der Waals surface area contributed by atoms with Crippen LogP contribution in [0.3, 0.4) is 0 Å². The Kier molecular flexibility index (Phi) is 8.09. The minimum atomic E-state index is -0.231. The number of likely N-dealkylation sites (tertiary alicyclic amines) is 1. The van der Waals surface area contributed by atoms with Crippen molar-refractivity contribution in [3.63, 3.8) is 0 Å². The first-order chi connectivity index (χ1) is 13.0. The van der Waals surface area contributed by atoms with Crippen LogP contribution < -0.4 is 14.2 Å². The summed E-state index contributed by atoms with van der Waals surface area (Å²) in [5.74, 6) is 1.92. The van der Waals surface area contributed by atoms with Gasteiger partial charge in [0.05, 0.1) is 34.2 Å². The van der Waals surface area contributed by atoms with Crippen LogP contribution in [0, 0.1) is 0 Å². The van der Waals surface area contributed by atoms with Crippen LogP contribution in [0.15, 0.2) is 12.1 Å². The minimum absolute atomic E-state index is 0.105. The third kappa shape index (κ3) is 5.45. The number of benzene rings is 1. The van der Waals surface area contributed by atoms with Crippen molar-refractivity contribution in [2.24, 2.45) is 0 Å². The maximum absolute atomic E-state index is 12.6. The van der Waals surface area contributed by atoms with Crippen LogP contribution in [0.1, 0.15) is 18.4 Å². The first kappa shape index (κ1) is 21.2. The number of hydrogen-bond acceptors (Lipinski definition) is 7. The second kappa shape index (κ2) is 10.3. The number of carbonyl (C=O) groups is 2. The average Bonchev–Trinajstić information content (AvgIpc) is 3.18. The third-order valence-electron chi connectivity index (χ3n) is 4.56. The van der Waals surface area contributed by atoms with Gasteiger partial charge in [0.15, 0.2) is 11.5 Å². The van der Waals surface area contributed by atoms with E-state index in [-0.39, 0.29) is 17.1 Å². The molecule has 0 aromatic heterocycles. The molecule has 0 bridgehead atoms. The number of ether oxygens (including phenoxy) is 4. The van der Waals surface area contributed by atoms with Gasteiger partial charge in [-0.15, -0.1) is 11.8 Å². The van der Waals surface area contributed by atoms with Crippen LogP contribution in [-0.2, 0) is 20.7 Å². The predicted octanol–water partition coefficient (Wildman–Crippen LogP) is 2.15. The van der Waals surface area contributed by atoms with Gasteiger partial charge in [-0.05, 0) is 24.5 Å². The zero-order valence-corrected chi connectivity index (χ0v) is 17.1. The van der Waals surface area contributed by atoms with Gasteiger partial charge in [-0.3, -0.25) is 9.59 Å². The summed E-state index contributed by atoms with van der Waals surface area (Å²) in [6, 6.07) is 3.71. The van der Waals surface area contributed by atoms with Crippen molar-refractivity contribution in [1.29, 1.82) is 0 Å². The molecule has 1 heterocycles. The van der Waals surface area contributed by atoms with Crippen LogP contribution in [0.5, 0.6) is 17.2 Å². The second-order valence-electron chi connectivity index (χ2n) is 6.13. The largest absolute Gasteiger partial charge is 0.493 e. The van der Waals surface area contributed by atoms with Gasteiger partial charge >= 0.3 is 5.97 Å². The summed E-state index contributed by atoms with van der Waals surface area (Å²) in [7, 11) is 6.09. The Morgan fingerprint density at radius 1 is 1.11 bits per heavy atom. The van der Waals surface area contributed by atoms with E-state index in [1.807, 2.05) is 17.0 Å². The van der Waals surface area contributed by atoms with E-state index in [0.29, 0.717) is 42.4 Å². The van der Waals surface area contributed by atoms with E-state index in [2.05, 4.69) is 4.74 Å². The number of carbonyl (C=O) groups excluding carboxylic acids is 2. The number of amides is 1. The van der Waals surface area contributed by atoms with E-state index >= 15 is 0 Å². The summed E-state index contributed by atoms with van der Waals surface area (Å²) < 4.78 is 20.8. The molecule has 150 valence electrons. The molecule has 1 amide bonds. The molecule has 1 fully saturated rings. The first-order valence-corrected chi connectivity index (χ1v) is 9.82. The smallest absolute Gasteiger partial charge is 0.315 e. The molecule has 27 heavy (non-hydrogen) atoms. The lowest BCUT2D eigenvalue weighted by molar-refractivity contribution is -0.137. The van der Waals surface area contributed by atoms with Gasteiger partial charge in [0.25, 0.3) is 0 Å². The van der Waals surface area contributed by atoms with Gasteiger partial charge in [-0.25, -0.2) is 0 Å². The van der Waals surface area contributed by atoms with Gasteiger partial charge in [0.1, 0.15) is 0 Å². The number of esters is 1. The Morgan fingerprint density at radius 3 is 2.48 bits per heavy atom. The fourth-order valence-corrected chi connectivity index (χ4v) is 4.14. The zero-order valence-electron chi connectivity index (χ0n) is 16.3. The molecule has 7 nitrogen and oxygen atoms in total. The van der Waals surface area contributed by atoms with Crippen molar-refractivity contribution >= 4 is 23.6 Å². The third-order valence-corrected chi connectivity index (χ3v) is 5.81. The first-order valence-electron chi connectivity index (χ1n) is 8.78. The summed E-state index contributed by atoms with van der Waals surface area (Å²) in [6.07, 6.45) is 1.84. The minimum Gasteiger partial charge on any atom is -0.493 e. The number of nitrogens with zero attached hydrogens (tertiary/aromatic N) is 1. The molecule has 1 aliphatic heterocycles. The van der Waals surface area contributed by atoms with Crippen molar-refractivity contribution in [3.05, 3.63) is 17.7 Å². The number of aryl methyl sites for hydroxylation is 1. The summed E-state index contributed by atoms with van der Waals surface area (Å²) in [5.41, 5.74) is 0.902. The highest BCUT2D eigenvalue weighted by atomic mass is 32.2. The highest BCUT2D eigenvalue weighted by Gasteiger charge is 2.27. The van der Waals surface area contributed by atoms with Gasteiger partial charge in [-0.2, -0.15) is 0 Å². The molecule has 2 rings (SSSR count). The van der Waals surface area contributed by atoms with Crippen molar-refractivity contribution in [1.82, 2.24) is 4.90 Å². The molecule has 1 aromatic rings. The quantitative estimate of drug-likeness (QED) is 0.591. The molecular formula is C19H27NO6S. The number of hydrogen-bond donors (Lipinski definition) is 0. The van der Waals surface area contributed by atoms with Crippen LogP contribution in [0.2, 0.25) is 0 Å². The molecule has 0 unspecified atom stereocenters. The fraction of sp³-hybridized carbons (Fsp3) is 0.579. The van der Waals surface area contributed by atoms with Crippen LogP contribution in [0.25, 0.3) is 0 Å². The Hall–Kier alpha value is -2.09. The summed E-state index contributed by atoms with van der Waals surface area (Å²) >= 11 is 1.55. The highest BCUT2D eigenvalue weighted by molar-refractivity contribution is 8.00. The van der Waals surface area contributed by atoms with E-state index in [0.717, 1.165) is 18.5 Å². The van der Waals surface area contributed by atoms with Crippen LogP contribution in [0.4, 0.5) is 0 Å². The van der Waals surface area contributed by atoms with E-state index in [1.165, 1.54) is 7.11 Å². The highest BCUT2D eigenvalue weighted by Crippen LogP contribution is 2.40. The van der Waals surface area contributed by atoms with Crippen LogP contribution in [-0.4, -0.2) is 69.3 Å². The van der Waals surface area contributed by atoms with E-state index < -0.39 is 0 Å². The molecule has 1 aromatic carbocycles. The van der Waals surface area contributed by atoms with E-state index in [4.69, 9.17) is 14.2 Å². The Morgan fingerprint density at radius 2 is 1.85 bits per heavy atom. The molecule has 0 aliphatic carbocycles. The van der Waals surface area contributed by atoms with Crippen molar-refractivity contribution < 1.29 is 28.5 Å². The molecule has 1 saturated heterocycles. The Labute approximate surface area is 164 Å². The average molecular weight is 397 g/mol. The molecule has 1 aliphatic rings. The Balaban J connectivity index is 1.91. The van der Waals surface area contributed by atoms with Gasteiger partial charge in [0.2, 0.25) is 11.7 Å². The van der Waals surface area contributed by atoms with Crippen molar-refractivity contribution in [2.45, 2.75) is 24.5 Å². The summed E-state index contributed by atoms with van der Waals surface area (Å²) in [4.78, 5) is 25.7. The SMILES string of the molecule is COC(=O)CS[C@H]1CCN(C(=O)CCc2ccc(OC)c(OC)c2OC)C1. The monoisotopic (exact) mass is 397 g/mol. The number of rotatable bonds is 9. The zero-order chi connectivity index (χ0) is 19.8. The molecule has 0 N–H and O–H groups in total. The maximum Gasteiger partial charge on any atom is 0.315 e. The summed E-state index contributed by atoms with van der Waals surface area (Å²) in [5, 5.41) is 0.281.